The van der Waals surface area contributed by atoms with Gasteiger partial charge in [0.1, 0.15) is 0 Å². The fourth-order valence-electron chi connectivity index (χ4n) is 0.894. The van der Waals surface area contributed by atoms with E-state index in [1.165, 1.54) is 11.3 Å². The summed E-state index contributed by atoms with van der Waals surface area (Å²) >= 11 is 1.44. The van der Waals surface area contributed by atoms with E-state index < -0.39 is 0 Å². The molecule has 0 aromatic carbocycles. The van der Waals surface area contributed by atoms with Gasteiger partial charge in [-0.15, -0.1) is 23.2 Å². The molecule has 0 aliphatic carbocycles. The van der Waals surface area contributed by atoms with Gasteiger partial charge in [-0.05, 0) is 13.8 Å². The molecule has 0 fully saturated rings. The third-order valence-corrected chi connectivity index (χ3v) is 2.39. The van der Waals surface area contributed by atoms with Crippen LogP contribution in [0, 0.1) is 18.8 Å². The number of anilines is 1. The van der Waals surface area contributed by atoms with Gasteiger partial charge in [-0.3, -0.25) is 4.79 Å². The van der Waals surface area contributed by atoms with Crippen LogP contribution in [0.5, 0.6) is 0 Å². The predicted octanol–water partition coefficient (Wildman–Crippen LogP) is 2.19. The van der Waals surface area contributed by atoms with Crippen molar-refractivity contribution in [2.24, 2.45) is 0 Å². The maximum atomic E-state index is 11.3. The van der Waals surface area contributed by atoms with Crippen molar-refractivity contribution in [3.63, 3.8) is 0 Å². The monoisotopic (exact) mass is 208 g/mol. The number of aryl methyl sites for hydroxylation is 1. The molecule has 74 valence electrons. The van der Waals surface area contributed by atoms with Crippen molar-refractivity contribution in [3.05, 3.63) is 11.1 Å². The molecule has 0 saturated carbocycles. The summed E-state index contributed by atoms with van der Waals surface area (Å²) in [4.78, 5) is 15.4. The Hall–Kier alpha value is -1.34. The number of carbonyl (C=O) groups is 1. The normalized spacial score (nSPS) is 9.00. The molecule has 0 radical (unpaired) electrons. The molecule has 0 aliphatic rings. The standard InChI is InChI=1S/C10H12N2OS/c1-3-4-5-6-9(13)12-10-11-8(2)7-14-10/h7H,5-6H2,1-2H3,(H,11,12,13). The number of nitrogens with one attached hydrogen (secondary N) is 1. The van der Waals surface area contributed by atoms with Crippen LogP contribution < -0.4 is 5.32 Å². The second-order valence-corrected chi connectivity index (χ2v) is 3.63. The third kappa shape index (κ3) is 3.58. The van der Waals surface area contributed by atoms with Crippen LogP contribution in [0.2, 0.25) is 0 Å². The second-order valence-electron chi connectivity index (χ2n) is 2.77. The van der Waals surface area contributed by atoms with Crippen molar-refractivity contribution in [2.45, 2.75) is 26.7 Å². The molecule has 1 N–H and O–H groups in total. The molecule has 1 amide bonds. The van der Waals surface area contributed by atoms with Gasteiger partial charge in [0.15, 0.2) is 5.13 Å². The van der Waals surface area contributed by atoms with Gasteiger partial charge in [-0.1, -0.05) is 0 Å². The van der Waals surface area contributed by atoms with E-state index in [1.54, 1.807) is 6.92 Å². The lowest BCUT2D eigenvalue weighted by Gasteiger charge is -1.97. The maximum Gasteiger partial charge on any atom is 0.227 e. The van der Waals surface area contributed by atoms with E-state index >= 15 is 0 Å². The molecule has 3 nitrogen and oxygen atoms in total. The molecule has 0 unspecified atom stereocenters. The Bertz CT molecular complexity index is 373. The molecule has 1 aromatic rings. The van der Waals surface area contributed by atoms with E-state index in [1.807, 2.05) is 12.3 Å². The molecule has 1 rings (SSSR count). The highest BCUT2D eigenvalue weighted by atomic mass is 32.1. The van der Waals surface area contributed by atoms with Crippen LogP contribution in [0.25, 0.3) is 0 Å². The van der Waals surface area contributed by atoms with Gasteiger partial charge in [0, 0.05) is 18.2 Å². The van der Waals surface area contributed by atoms with Crippen LogP contribution in [0.15, 0.2) is 5.38 Å². The van der Waals surface area contributed by atoms with Crippen molar-refractivity contribution in [1.82, 2.24) is 4.98 Å². The molecule has 0 saturated heterocycles. The van der Waals surface area contributed by atoms with Gasteiger partial charge in [0.2, 0.25) is 5.91 Å². The van der Waals surface area contributed by atoms with Crippen LogP contribution >= 0.6 is 11.3 Å². The molecule has 0 atom stereocenters. The molecule has 4 heteroatoms. The predicted molar refractivity (Wildman–Crippen MR) is 58.2 cm³/mol. The van der Waals surface area contributed by atoms with Crippen molar-refractivity contribution < 1.29 is 4.79 Å². The first-order chi connectivity index (χ1) is 6.72. The Morgan fingerprint density at radius 2 is 2.50 bits per heavy atom. The fraction of sp³-hybridized carbons (Fsp3) is 0.400. The molecule has 0 bridgehead atoms. The summed E-state index contributed by atoms with van der Waals surface area (Å²) in [5.41, 5.74) is 0.929. The summed E-state index contributed by atoms with van der Waals surface area (Å²) in [6.45, 7) is 3.66. The number of thiazole rings is 1. The van der Waals surface area contributed by atoms with E-state index in [4.69, 9.17) is 0 Å². The highest BCUT2D eigenvalue weighted by molar-refractivity contribution is 7.13. The molecule has 1 aromatic heterocycles. The Morgan fingerprint density at radius 1 is 1.71 bits per heavy atom. The van der Waals surface area contributed by atoms with E-state index in [0.717, 1.165) is 5.69 Å². The zero-order valence-corrected chi connectivity index (χ0v) is 9.07. The SMILES string of the molecule is CC#CCCC(=O)Nc1nc(C)cs1. The van der Waals surface area contributed by atoms with Crippen molar-refractivity contribution in [2.75, 3.05) is 5.32 Å². The van der Waals surface area contributed by atoms with Crippen LogP contribution in [-0.4, -0.2) is 10.9 Å². The first-order valence-corrected chi connectivity index (χ1v) is 5.22. The summed E-state index contributed by atoms with van der Waals surface area (Å²) in [5, 5.41) is 5.29. The Morgan fingerprint density at radius 3 is 3.07 bits per heavy atom. The summed E-state index contributed by atoms with van der Waals surface area (Å²) in [7, 11) is 0. The van der Waals surface area contributed by atoms with Crippen LogP contribution in [0.1, 0.15) is 25.5 Å². The minimum absolute atomic E-state index is 0.0258. The van der Waals surface area contributed by atoms with Crippen molar-refractivity contribution in [1.29, 1.82) is 0 Å². The Kier molecular flexibility index (Phi) is 4.14. The summed E-state index contributed by atoms with van der Waals surface area (Å²) < 4.78 is 0. The maximum absolute atomic E-state index is 11.3. The molecule has 0 aliphatic heterocycles. The van der Waals surface area contributed by atoms with E-state index in [2.05, 4.69) is 22.1 Å². The topological polar surface area (TPSA) is 42.0 Å². The van der Waals surface area contributed by atoms with Gasteiger partial charge in [-0.2, -0.15) is 0 Å². The molecule has 14 heavy (non-hydrogen) atoms. The largest absolute Gasteiger partial charge is 0.302 e. The summed E-state index contributed by atoms with van der Waals surface area (Å²) in [6.07, 6.45) is 1.03. The number of nitrogens with zero attached hydrogens (tertiary/aromatic N) is 1. The van der Waals surface area contributed by atoms with E-state index in [9.17, 15) is 4.79 Å². The van der Waals surface area contributed by atoms with Gasteiger partial charge in [0.25, 0.3) is 0 Å². The van der Waals surface area contributed by atoms with Crippen LogP contribution in [0.3, 0.4) is 0 Å². The fourth-order valence-corrected chi connectivity index (χ4v) is 1.60. The van der Waals surface area contributed by atoms with Gasteiger partial charge in [0.05, 0.1) is 5.69 Å². The minimum atomic E-state index is -0.0258. The quantitative estimate of drug-likeness (QED) is 0.774. The summed E-state index contributed by atoms with van der Waals surface area (Å²) in [5.74, 6) is 5.56. The van der Waals surface area contributed by atoms with Gasteiger partial charge in [-0.25, -0.2) is 4.98 Å². The molecule has 0 spiro atoms. The Balaban J connectivity index is 2.36. The highest BCUT2D eigenvalue weighted by Gasteiger charge is 2.03. The smallest absolute Gasteiger partial charge is 0.227 e. The van der Waals surface area contributed by atoms with Crippen molar-refractivity contribution >= 4 is 22.4 Å². The first kappa shape index (κ1) is 10.7. The number of rotatable bonds is 3. The van der Waals surface area contributed by atoms with Gasteiger partial charge >= 0.3 is 0 Å². The highest BCUT2D eigenvalue weighted by Crippen LogP contribution is 2.14. The average Bonchev–Trinajstić information content (AvgIpc) is 2.52. The molecule has 1 heterocycles. The second kappa shape index (κ2) is 5.40. The number of carbonyl (C=O) groups excluding carboxylic acids is 1. The Labute approximate surface area is 87.6 Å². The van der Waals surface area contributed by atoms with E-state index in [0.29, 0.717) is 18.0 Å². The first-order valence-electron chi connectivity index (χ1n) is 4.34. The zero-order valence-electron chi connectivity index (χ0n) is 8.26. The van der Waals surface area contributed by atoms with Crippen molar-refractivity contribution in [3.8, 4) is 11.8 Å². The lowest BCUT2D eigenvalue weighted by atomic mass is 10.3. The molecular formula is C10H12N2OS. The third-order valence-electron chi connectivity index (χ3n) is 1.52. The minimum Gasteiger partial charge on any atom is -0.302 e. The van der Waals surface area contributed by atoms with Crippen LogP contribution in [0.4, 0.5) is 5.13 Å². The van der Waals surface area contributed by atoms with Crippen LogP contribution in [-0.2, 0) is 4.79 Å². The number of hydrogen-bond acceptors (Lipinski definition) is 3. The lowest BCUT2D eigenvalue weighted by molar-refractivity contribution is -0.116. The molecular weight excluding hydrogens is 196 g/mol. The van der Waals surface area contributed by atoms with E-state index in [-0.39, 0.29) is 5.91 Å². The lowest BCUT2D eigenvalue weighted by Crippen LogP contribution is -2.10. The number of amides is 1. The summed E-state index contributed by atoms with van der Waals surface area (Å²) in [6, 6.07) is 0. The average molecular weight is 208 g/mol. The van der Waals surface area contributed by atoms with Gasteiger partial charge < -0.3 is 5.32 Å². The number of hydrogen-bond donors (Lipinski definition) is 1. The number of aromatic nitrogens is 1. The zero-order chi connectivity index (χ0) is 10.4.